The maximum atomic E-state index is 16.2. The van der Waals surface area contributed by atoms with E-state index in [9.17, 15) is 12.8 Å². The Hall–Kier alpha value is -3.51. The zero-order chi connectivity index (χ0) is 31.0. The van der Waals surface area contributed by atoms with Crippen molar-refractivity contribution in [1.29, 1.82) is 0 Å². The average molecular weight is 637 g/mol. The molecule has 0 radical (unpaired) electrons. The summed E-state index contributed by atoms with van der Waals surface area (Å²) in [5.74, 6) is -0.516. The summed E-state index contributed by atoms with van der Waals surface area (Å²) in [6.45, 7) is 4.49. The Balaban J connectivity index is 1.31. The van der Waals surface area contributed by atoms with Gasteiger partial charge < -0.3 is 5.11 Å². The van der Waals surface area contributed by atoms with Crippen molar-refractivity contribution in [3.05, 3.63) is 88.6 Å². The molecular formula is C33H34F2N4O3S2. The molecule has 1 saturated heterocycles. The maximum absolute atomic E-state index is 16.2. The summed E-state index contributed by atoms with van der Waals surface area (Å²) in [6.07, 6.45) is 4.26. The van der Waals surface area contributed by atoms with Crippen molar-refractivity contribution in [3.8, 4) is 33.1 Å². The lowest BCUT2D eigenvalue weighted by atomic mass is 9.91. The van der Waals surface area contributed by atoms with Crippen LogP contribution in [0.2, 0.25) is 0 Å². The minimum absolute atomic E-state index is 0.0416. The molecule has 4 heterocycles. The van der Waals surface area contributed by atoms with Gasteiger partial charge in [-0.05, 0) is 86.1 Å². The fraction of sp³-hybridized carbons (Fsp3) is 0.333. The van der Waals surface area contributed by atoms with Gasteiger partial charge in [0.15, 0.2) is 0 Å². The van der Waals surface area contributed by atoms with E-state index in [1.165, 1.54) is 27.8 Å². The molecule has 1 fully saturated rings. The Morgan fingerprint density at radius 3 is 2.43 bits per heavy atom. The van der Waals surface area contributed by atoms with Crippen LogP contribution in [0.1, 0.15) is 48.9 Å². The highest BCUT2D eigenvalue weighted by Gasteiger charge is 2.29. The van der Waals surface area contributed by atoms with Crippen LogP contribution in [0.15, 0.2) is 60.1 Å². The number of hydrogen-bond donors (Lipinski definition) is 1. The van der Waals surface area contributed by atoms with E-state index in [2.05, 4.69) is 0 Å². The van der Waals surface area contributed by atoms with Crippen LogP contribution in [0.4, 0.5) is 8.78 Å². The number of aliphatic hydroxyl groups is 1. The number of piperidine rings is 1. The molecule has 0 bridgehead atoms. The van der Waals surface area contributed by atoms with Crippen LogP contribution >= 0.6 is 11.3 Å². The van der Waals surface area contributed by atoms with Gasteiger partial charge in [0.1, 0.15) is 22.3 Å². The van der Waals surface area contributed by atoms with Gasteiger partial charge in [-0.2, -0.15) is 0 Å². The molecule has 1 aliphatic heterocycles. The van der Waals surface area contributed by atoms with E-state index < -0.39 is 10.0 Å². The van der Waals surface area contributed by atoms with Crippen LogP contribution in [-0.2, 0) is 16.4 Å². The molecule has 0 atom stereocenters. The number of aliphatic hydroxyl groups excluding tert-OH is 1. The molecule has 230 valence electrons. The SMILES string of the molecule is CCc1nc2ccc(C3CCN(S(=O)(=O)CCCO)CC3)cn2c1-c1ccc(-c2nc(-c3ccc(F)cc3)cs2)c(C)c1F. The van der Waals surface area contributed by atoms with Crippen LogP contribution in [0.5, 0.6) is 0 Å². The Morgan fingerprint density at radius 2 is 1.73 bits per heavy atom. The van der Waals surface area contributed by atoms with Crippen molar-refractivity contribution < 1.29 is 22.3 Å². The van der Waals surface area contributed by atoms with Crippen molar-refractivity contribution in [2.45, 2.75) is 45.4 Å². The third-order valence-electron chi connectivity index (χ3n) is 8.44. The molecular weight excluding hydrogens is 603 g/mol. The summed E-state index contributed by atoms with van der Waals surface area (Å²) in [5.41, 5.74) is 6.48. The Labute approximate surface area is 259 Å². The second kappa shape index (κ2) is 12.5. The molecule has 0 unspecified atom stereocenters. The monoisotopic (exact) mass is 636 g/mol. The van der Waals surface area contributed by atoms with Gasteiger partial charge in [-0.1, -0.05) is 19.1 Å². The molecule has 6 rings (SSSR count). The Bertz CT molecular complexity index is 1910. The Morgan fingerprint density at radius 1 is 1.00 bits per heavy atom. The lowest BCUT2D eigenvalue weighted by molar-refractivity contribution is 0.290. The van der Waals surface area contributed by atoms with E-state index in [1.54, 1.807) is 25.1 Å². The molecule has 5 aromatic rings. The number of hydrogen-bond acceptors (Lipinski definition) is 6. The van der Waals surface area contributed by atoms with Crippen LogP contribution in [0.3, 0.4) is 0 Å². The summed E-state index contributed by atoms with van der Waals surface area (Å²) in [7, 11) is -3.38. The lowest BCUT2D eigenvalue weighted by Gasteiger charge is -2.31. The van der Waals surface area contributed by atoms with Crippen LogP contribution < -0.4 is 0 Å². The van der Waals surface area contributed by atoms with Crippen molar-refractivity contribution >= 4 is 27.0 Å². The first-order valence-corrected chi connectivity index (χ1v) is 17.3. The van der Waals surface area contributed by atoms with Gasteiger partial charge in [0.2, 0.25) is 10.0 Å². The van der Waals surface area contributed by atoms with E-state index in [-0.39, 0.29) is 36.3 Å². The zero-order valence-corrected chi connectivity index (χ0v) is 26.3. The van der Waals surface area contributed by atoms with Crippen molar-refractivity contribution in [2.24, 2.45) is 0 Å². The molecule has 0 amide bonds. The van der Waals surface area contributed by atoms with Crippen LogP contribution in [0, 0.1) is 18.6 Å². The Kier molecular flexibility index (Phi) is 8.65. The summed E-state index contributed by atoms with van der Waals surface area (Å²) in [5, 5.41) is 11.6. The van der Waals surface area contributed by atoms with E-state index >= 15 is 4.39 Å². The molecule has 1 N–H and O–H groups in total. The van der Waals surface area contributed by atoms with Gasteiger partial charge in [0.25, 0.3) is 0 Å². The van der Waals surface area contributed by atoms with Gasteiger partial charge in [-0.15, -0.1) is 11.3 Å². The standard InChI is InChI=1S/C33H34F2N4O3S2/c1-3-28-32(27-11-10-26(21(2)31(27)35)33-37-29(20-43-33)23-5-8-25(34)9-6-23)39-19-24(7-12-30(39)36-28)22-13-15-38(16-14-22)44(41,42)18-4-17-40/h5-12,19-20,22,40H,3-4,13-18H2,1-2H3. The number of rotatable bonds is 9. The zero-order valence-electron chi connectivity index (χ0n) is 24.6. The normalized spacial score (nSPS) is 14.9. The van der Waals surface area contributed by atoms with Crippen molar-refractivity contribution in [3.63, 3.8) is 0 Å². The first kappa shape index (κ1) is 30.5. The fourth-order valence-corrected chi connectivity index (χ4v) is 8.41. The summed E-state index contributed by atoms with van der Waals surface area (Å²) in [6, 6.07) is 13.8. The van der Waals surface area contributed by atoms with Crippen molar-refractivity contribution in [1.82, 2.24) is 18.7 Å². The topological polar surface area (TPSA) is 87.8 Å². The number of halogens is 2. The van der Waals surface area contributed by atoms with E-state index in [1.807, 2.05) is 41.1 Å². The summed E-state index contributed by atoms with van der Waals surface area (Å²) in [4.78, 5) is 9.53. The number of sulfonamides is 1. The molecule has 0 aliphatic carbocycles. The number of thiazole rings is 1. The van der Waals surface area contributed by atoms with Gasteiger partial charge >= 0.3 is 0 Å². The summed E-state index contributed by atoms with van der Waals surface area (Å²) >= 11 is 1.42. The number of aryl methyl sites for hydroxylation is 1. The molecule has 3 aromatic heterocycles. The predicted octanol–water partition coefficient (Wildman–Crippen LogP) is 6.83. The highest BCUT2D eigenvalue weighted by Crippen LogP contribution is 2.38. The largest absolute Gasteiger partial charge is 0.396 e. The molecule has 0 saturated carbocycles. The number of fused-ring (bicyclic) bond motifs is 1. The fourth-order valence-electron chi connectivity index (χ4n) is 5.98. The van der Waals surface area contributed by atoms with E-state index in [4.69, 9.17) is 15.1 Å². The average Bonchev–Trinajstić information content (AvgIpc) is 3.67. The van der Waals surface area contributed by atoms with Gasteiger partial charge in [-0.3, -0.25) is 4.40 Å². The second-order valence-electron chi connectivity index (χ2n) is 11.2. The number of pyridine rings is 1. The van der Waals surface area contributed by atoms with E-state index in [0.29, 0.717) is 65.4 Å². The maximum Gasteiger partial charge on any atom is 0.214 e. The highest BCUT2D eigenvalue weighted by molar-refractivity contribution is 7.89. The molecule has 7 nitrogen and oxygen atoms in total. The summed E-state index contributed by atoms with van der Waals surface area (Å²) < 4.78 is 58.3. The highest BCUT2D eigenvalue weighted by atomic mass is 32.2. The van der Waals surface area contributed by atoms with E-state index in [0.717, 1.165) is 22.5 Å². The predicted molar refractivity (Wildman–Crippen MR) is 170 cm³/mol. The van der Waals surface area contributed by atoms with Gasteiger partial charge in [-0.25, -0.2) is 31.5 Å². The third kappa shape index (κ3) is 5.81. The second-order valence-corrected chi connectivity index (χ2v) is 14.1. The number of benzene rings is 2. The third-order valence-corrected chi connectivity index (χ3v) is 11.3. The number of imidazole rings is 1. The van der Waals surface area contributed by atoms with Crippen LogP contribution in [0.25, 0.3) is 38.7 Å². The molecule has 11 heteroatoms. The minimum atomic E-state index is -3.38. The smallest absolute Gasteiger partial charge is 0.214 e. The first-order valence-electron chi connectivity index (χ1n) is 14.8. The first-order chi connectivity index (χ1) is 21.2. The lowest BCUT2D eigenvalue weighted by Crippen LogP contribution is -2.39. The molecule has 0 spiro atoms. The molecule has 1 aliphatic rings. The van der Waals surface area contributed by atoms with Gasteiger partial charge in [0.05, 0.1) is 22.8 Å². The van der Waals surface area contributed by atoms with Gasteiger partial charge in [0, 0.05) is 48.0 Å². The van der Waals surface area contributed by atoms with Crippen molar-refractivity contribution in [2.75, 3.05) is 25.4 Å². The van der Waals surface area contributed by atoms with Crippen LogP contribution in [-0.4, -0.2) is 57.6 Å². The number of aromatic nitrogens is 3. The molecule has 44 heavy (non-hydrogen) atoms. The molecule has 2 aromatic carbocycles. The minimum Gasteiger partial charge on any atom is -0.396 e. The quantitative estimate of drug-likeness (QED) is 0.192. The number of nitrogens with zero attached hydrogens (tertiary/aromatic N) is 4.